The molecule has 0 fully saturated rings. The van der Waals surface area contributed by atoms with E-state index in [4.69, 9.17) is 0 Å². The summed E-state index contributed by atoms with van der Waals surface area (Å²) in [4.78, 5) is 0. The minimum absolute atomic E-state index is 0.0439. The predicted molar refractivity (Wildman–Crippen MR) is 48.6 cm³/mol. The van der Waals surface area contributed by atoms with Crippen LogP contribution in [0.15, 0.2) is 16.6 Å². The molecule has 0 aliphatic carbocycles. The third-order valence-electron chi connectivity index (χ3n) is 1.46. The van der Waals surface area contributed by atoms with Crippen LogP contribution in [0.5, 0.6) is 0 Å². The molecule has 1 aromatic rings. The van der Waals surface area contributed by atoms with Crippen molar-refractivity contribution in [3.05, 3.63) is 28.2 Å². The van der Waals surface area contributed by atoms with Gasteiger partial charge in [-0.2, -0.15) is 0 Å². The number of benzene rings is 1. The maximum absolute atomic E-state index is 13.0. The average molecular weight is 272 g/mol. The summed E-state index contributed by atoms with van der Waals surface area (Å²) >= 11 is 2.77. The zero-order valence-corrected chi connectivity index (χ0v) is 8.41. The van der Waals surface area contributed by atoms with Gasteiger partial charge in [-0.25, -0.2) is 17.6 Å². The molecule has 14 heavy (non-hydrogen) atoms. The first kappa shape index (κ1) is 11.3. The van der Waals surface area contributed by atoms with Crippen molar-refractivity contribution in [1.82, 2.24) is 0 Å². The van der Waals surface area contributed by atoms with E-state index in [0.717, 1.165) is 12.1 Å². The predicted octanol–water partition coefficient (Wildman–Crippen LogP) is 3.40. The number of halogens is 5. The topological polar surface area (TPSA) is 12.0 Å². The van der Waals surface area contributed by atoms with E-state index in [1.54, 1.807) is 0 Å². The van der Waals surface area contributed by atoms with Gasteiger partial charge in [0.05, 0.1) is 16.7 Å². The van der Waals surface area contributed by atoms with Crippen molar-refractivity contribution >= 4 is 21.6 Å². The Kier molecular flexibility index (Phi) is 3.74. The second-order valence-electron chi connectivity index (χ2n) is 2.52. The lowest BCUT2D eigenvalue weighted by molar-refractivity contribution is 0.163. The number of rotatable bonds is 3. The molecule has 0 heterocycles. The molecule has 0 unspecified atom stereocenters. The van der Waals surface area contributed by atoms with Crippen LogP contribution in [0, 0.1) is 11.6 Å². The summed E-state index contributed by atoms with van der Waals surface area (Å²) < 4.78 is 49.3. The van der Waals surface area contributed by atoms with E-state index in [-0.39, 0.29) is 10.2 Å². The highest BCUT2D eigenvalue weighted by Crippen LogP contribution is 2.23. The van der Waals surface area contributed by atoms with E-state index in [0.29, 0.717) is 0 Å². The average Bonchev–Trinajstić information content (AvgIpc) is 2.09. The molecule has 0 aliphatic heterocycles. The molecule has 1 rings (SSSR count). The molecule has 0 atom stereocenters. The van der Waals surface area contributed by atoms with Gasteiger partial charge in [-0.1, -0.05) is 0 Å². The van der Waals surface area contributed by atoms with Gasteiger partial charge < -0.3 is 5.32 Å². The van der Waals surface area contributed by atoms with Gasteiger partial charge in [0, 0.05) is 6.07 Å². The van der Waals surface area contributed by atoms with Crippen molar-refractivity contribution in [2.75, 3.05) is 11.9 Å². The number of hydrogen-bond acceptors (Lipinski definition) is 1. The Morgan fingerprint density at radius 1 is 1.21 bits per heavy atom. The molecule has 0 saturated carbocycles. The molecular formula is C8H6BrF4N. The molecule has 6 heteroatoms. The minimum Gasteiger partial charge on any atom is -0.377 e. The first-order valence-electron chi connectivity index (χ1n) is 3.67. The molecule has 0 radical (unpaired) electrons. The first-order valence-corrected chi connectivity index (χ1v) is 4.46. The highest BCUT2D eigenvalue weighted by molar-refractivity contribution is 9.10. The van der Waals surface area contributed by atoms with Gasteiger partial charge in [-0.15, -0.1) is 0 Å². The fourth-order valence-corrected chi connectivity index (χ4v) is 1.16. The number of hydrogen-bond donors (Lipinski definition) is 1. The maximum Gasteiger partial charge on any atom is 0.255 e. The Labute approximate surface area is 86.2 Å². The SMILES string of the molecule is Fc1cc(NCC(F)F)c(F)cc1Br. The molecule has 0 aliphatic rings. The molecule has 0 bridgehead atoms. The number of anilines is 1. The van der Waals surface area contributed by atoms with Crippen molar-refractivity contribution in [3.63, 3.8) is 0 Å². The van der Waals surface area contributed by atoms with Crippen LogP contribution in [-0.4, -0.2) is 13.0 Å². The Bertz CT molecular complexity index is 329. The van der Waals surface area contributed by atoms with Crippen molar-refractivity contribution in [2.24, 2.45) is 0 Å². The van der Waals surface area contributed by atoms with Crippen molar-refractivity contribution < 1.29 is 17.6 Å². The Balaban J connectivity index is 2.82. The van der Waals surface area contributed by atoms with E-state index in [1.165, 1.54) is 0 Å². The van der Waals surface area contributed by atoms with Gasteiger partial charge in [-0.3, -0.25) is 0 Å². The van der Waals surface area contributed by atoms with Crippen LogP contribution < -0.4 is 5.32 Å². The molecule has 0 spiro atoms. The molecule has 78 valence electrons. The normalized spacial score (nSPS) is 10.7. The van der Waals surface area contributed by atoms with Crippen molar-refractivity contribution in [1.29, 1.82) is 0 Å². The zero-order valence-electron chi connectivity index (χ0n) is 6.83. The Hall–Kier alpha value is -0.780. The highest BCUT2D eigenvalue weighted by atomic mass is 79.9. The lowest BCUT2D eigenvalue weighted by Gasteiger charge is -2.07. The molecule has 1 N–H and O–H groups in total. The van der Waals surface area contributed by atoms with Gasteiger partial charge in [0.2, 0.25) is 0 Å². The fraction of sp³-hybridized carbons (Fsp3) is 0.250. The van der Waals surface area contributed by atoms with E-state index >= 15 is 0 Å². The minimum atomic E-state index is -2.61. The lowest BCUT2D eigenvalue weighted by Crippen LogP contribution is -2.11. The lowest BCUT2D eigenvalue weighted by atomic mass is 10.3. The standard InChI is InChI=1S/C8H6BrF4N/c9-4-1-6(11)7(2-5(4)10)14-3-8(12)13/h1-2,8,14H,3H2. The molecule has 1 aromatic carbocycles. The molecular weight excluding hydrogens is 266 g/mol. The van der Waals surface area contributed by atoms with Gasteiger partial charge in [0.1, 0.15) is 11.6 Å². The van der Waals surface area contributed by atoms with E-state index in [2.05, 4.69) is 21.2 Å². The molecule has 0 saturated heterocycles. The summed E-state index contributed by atoms with van der Waals surface area (Å²) in [7, 11) is 0. The summed E-state index contributed by atoms with van der Waals surface area (Å²) in [5.41, 5.74) is -0.272. The van der Waals surface area contributed by atoms with Crippen LogP contribution in [-0.2, 0) is 0 Å². The summed E-state index contributed by atoms with van der Waals surface area (Å²) in [5, 5.41) is 2.09. The first-order chi connectivity index (χ1) is 6.50. The fourth-order valence-electron chi connectivity index (χ4n) is 0.845. The van der Waals surface area contributed by atoms with E-state index in [9.17, 15) is 17.6 Å². The third kappa shape index (κ3) is 2.87. The van der Waals surface area contributed by atoms with E-state index < -0.39 is 24.6 Å². The van der Waals surface area contributed by atoms with Crippen LogP contribution in [0.1, 0.15) is 0 Å². The summed E-state index contributed by atoms with van der Waals surface area (Å²) in [6, 6.07) is 1.70. The van der Waals surface area contributed by atoms with Crippen molar-refractivity contribution in [3.8, 4) is 0 Å². The van der Waals surface area contributed by atoms with Crippen LogP contribution in [0.2, 0.25) is 0 Å². The quantitative estimate of drug-likeness (QED) is 0.656. The highest BCUT2D eigenvalue weighted by Gasteiger charge is 2.09. The largest absolute Gasteiger partial charge is 0.377 e. The molecule has 0 amide bonds. The van der Waals surface area contributed by atoms with E-state index in [1.807, 2.05) is 0 Å². The summed E-state index contributed by atoms with van der Waals surface area (Å²) in [6.07, 6.45) is -2.61. The summed E-state index contributed by atoms with van der Waals surface area (Å²) in [5.74, 6) is -1.48. The van der Waals surface area contributed by atoms with Crippen LogP contribution in [0.25, 0.3) is 0 Å². The zero-order chi connectivity index (χ0) is 10.7. The number of nitrogens with one attached hydrogen (secondary N) is 1. The Morgan fingerprint density at radius 3 is 2.43 bits per heavy atom. The summed E-state index contributed by atoms with van der Waals surface area (Å²) in [6.45, 7) is -0.710. The smallest absolute Gasteiger partial charge is 0.255 e. The second kappa shape index (κ2) is 4.63. The van der Waals surface area contributed by atoms with Crippen molar-refractivity contribution in [2.45, 2.75) is 6.43 Å². The van der Waals surface area contributed by atoms with Gasteiger partial charge in [0.15, 0.2) is 0 Å². The number of alkyl halides is 2. The Morgan fingerprint density at radius 2 is 1.86 bits per heavy atom. The van der Waals surface area contributed by atoms with Crippen LogP contribution >= 0.6 is 15.9 Å². The maximum atomic E-state index is 13.0. The molecule has 1 nitrogen and oxygen atoms in total. The van der Waals surface area contributed by atoms with Crippen LogP contribution in [0.3, 0.4) is 0 Å². The van der Waals surface area contributed by atoms with Gasteiger partial charge in [-0.05, 0) is 22.0 Å². The van der Waals surface area contributed by atoms with Gasteiger partial charge >= 0.3 is 0 Å². The second-order valence-corrected chi connectivity index (χ2v) is 3.37. The van der Waals surface area contributed by atoms with Crippen LogP contribution in [0.4, 0.5) is 23.2 Å². The third-order valence-corrected chi connectivity index (χ3v) is 2.06. The van der Waals surface area contributed by atoms with Gasteiger partial charge in [0.25, 0.3) is 6.43 Å². The molecule has 0 aromatic heterocycles. The monoisotopic (exact) mass is 271 g/mol.